The fourth-order valence-electron chi connectivity index (χ4n) is 4.49. The first kappa shape index (κ1) is 16.6. The molecule has 2 heterocycles. The Bertz CT molecular complexity index is 685. The van der Waals surface area contributed by atoms with Crippen LogP contribution in [0, 0.1) is 11.8 Å². The van der Waals surface area contributed by atoms with Crippen LogP contribution in [0.5, 0.6) is 0 Å². The van der Waals surface area contributed by atoms with Gasteiger partial charge in [-0.3, -0.25) is 4.90 Å². The third-order valence-corrected chi connectivity index (χ3v) is 5.93. The summed E-state index contributed by atoms with van der Waals surface area (Å²) >= 11 is 0. The molecule has 1 aromatic heterocycles. The van der Waals surface area contributed by atoms with Gasteiger partial charge in [0.1, 0.15) is 5.82 Å². The highest BCUT2D eigenvalue weighted by molar-refractivity contribution is 5.58. The number of anilines is 2. The number of hydrogen-bond acceptors (Lipinski definition) is 4. The molecule has 3 unspecified atom stereocenters. The Balaban J connectivity index is 1.40. The molecule has 1 aromatic carbocycles. The van der Waals surface area contributed by atoms with Crippen molar-refractivity contribution in [1.29, 1.82) is 0 Å². The average Bonchev–Trinajstić information content (AvgIpc) is 3.06. The minimum atomic E-state index is 0.406. The van der Waals surface area contributed by atoms with Gasteiger partial charge >= 0.3 is 0 Å². The fourth-order valence-corrected chi connectivity index (χ4v) is 4.49. The second kappa shape index (κ2) is 7.14. The maximum atomic E-state index is 6.34. The average molecular weight is 336 g/mol. The van der Waals surface area contributed by atoms with Crippen LogP contribution >= 0.6 is 0 Å². The smallest absolute Gasteiger partial charge is 0.132 e. The normalized spacial score (nSPS) is 26.4. The van der Waals surface area contributed by atoms with Crippen molar-refractivity contribution >= 4 is 11.5 Å². The summed E-state index contributed by atoms with van der Waals surface area (Å²) in [5.41, 5.74) is 8.78. The zero-order valence-electron chi connectivity index (χ0n) is 15.0. The Morgan fingerprint density at radius 3 is 2.68 bits per heavy atom. The first-order valence-corrected chi connectivity index (χ1v) is 9.42. The van der Waals surface area contributed by atoms with Crippen molar-refractivity contribution in [2.24, 2.45) is 17.6 Å². The predicted octanol–water partition coefficient (Wildman–Crippen LogP) is 3.41. The summed E-state index contributed by atoms with van der Waals surface area (Å²) in [5.74, 6) is 2.48. The molecule has 4 nitrogen and oxygen atoms in total. The summed E-state index contributed by atoms with van der Waals surface area (Å²) in [4.78, 5) is 9.36. The van der Waals surface area contributed by atoms with Gasteiger partial charge in [0, 0.05) is 44.6 Å². The molecule has 3 atom stereocenters. The van der Waals surface area contributed by atoms with E-state index in [4.69, 9.17) is 5.73 Å². The summed E-state index contributed by atoms with van der Waals surface area (Å²) in [6.07, 6.45) is 5.89. The molecule has 2 fully saturated rings. The van der Waals surface area contributed by atoms with E-state index in [9.17, 15) is 0 Å². The molecule has 0 radical (unpaired) electrons. The summed E-state index contributed by atoms with van der Waals surface area (Å²) < 4.78 is 0. The van der Waals surface area contributed by atoms with Crippen LogP contribution in [0.25, 0.3) is 0 Å². The van der Waals surface area contributed by atoms with Crippen LogP contribution in [0.3, 0.4) is 0 Å². The Labute approximate surface area is 150 Å². The van der Waals surface area contributed by atoms with Crippen molar-refractivity contribution in [1.82, 2.24) is 9.88 Å². The molecule has 4 heteroatoms. The molecule has 1 aliphatic heterocycles. The molecular formula is C21H28N4. The number of aromatic nitrogens is 1. The molecule has 0 amide bonds. The lowest BCUT2D eigenvalue weighted by atomic mass is 9.78. The van der Waals surface area contributed by atoms with E-state index < -0.39 is 0 Å². The van der Waals surface area contributed by atoms with Gasteiger partial charge in [0.2, 0.25) is 0 Å². The molecule has 0 bridgehead atoms. The molecule has 1 aliphatic carbocycles. The number of hydrogen-bond donors (Lipinski definition) is 1. The molecule has 25 heavy (non-hydrogen) atoms. The summed E-state index contributed by atoms with van der Waals surface area (Å²) in [6.45, 7) is 3.34. The van der Waals surface area contributed by atoms with E-state index in [-0.39, 0.29) is 0 Å². The van der Waals surface area contributed by atoms with E-state index in [2.05, 4.69) is 58.2 Å². The van der Waals surface area contributed by atoms with E-state index in [1.54, 1.807) is 0 Å². The van der Waals surface area contributed by atoms with Crippen LogP contribution in [0.2, 0.25) is 0 Å². The van der Waals surface area contributed by atoms with Crippen molar-refractivity contribution in [3.05, 3.63) is 54.2 Å². The number of nitrogens with two attached hydrogens (primary N) is 1. The molecule has 1 saturated carbocycles. The molecule has 132 valence electrons. The minimum absolute atomic E-state index is 0.406. The largest absolute Gasteiger partial charge is 0.329 e. The van der Waals surface area contributed by atoms with E-state index in [1.807, 2.05) is 12.3 Å². The van der Waals surface area contributed by atoms with Gasteiger partial charge in [0.05, 0.1) is 0 Å². The molecule has 2 N–H and O–H groups in total. The highest BCUT2D eigenvalue weighted by Crippen LogP contribution is 2.36. The summed E-state index contributed by atoms with van der Waals surface area (Å²) in [7, 11) is 2.06. The Morgan fingerprint density at radius 2 is 1.96 bits per heavy atom. The first-order valence-electron chi connectivity index (χ1n) is 9.42. The minimum Gasteiger partial charge on any atom is -0.329 e. The number of rotatable bonds is 4. The van der Waals surface area contributed by atoms with E-state index >= 15 is 0 Å². The van der Waals surface area contributed by atoms with Gasteiger partial charge < -0.3 is 10.6 Å². The number of pyridine rings is 1. The number of nitrogens with zero attached hydrogens (tertiary/aromatic N) is 3. The highest BCUT2D eigenvalue weighted by atomic mass is 15.2. The highest BCUT2D eigenvalue weighted by Gasteiger charge is 2.38. The van der Waals surface area contributed by atoms with Crippen molar-refractivity contribution in [3.8, 4) is 0 Å². The zero-order chi connectivity index (χ0) is 17.2. The van der Waals surface area contributed by atoms with Crippen molar-refractivity contribution in [2.45, 2.75) is 31.8 Å². The van der Waals surface area contributed by atoms with Crippen molar-refractivity contribution in [2.75, 3.05) is 25.0 Å². The predicted molar refractivity (Wildman–Crippen MR) is 103 cm³/mol. The standard InChI is InChI=1S/C21H28N4/c1-24(18-7-3-2-4-8-18)21-11-10-16(12-23-21)13-25-14-17-6-5-9-20(22)19(17)15-25/h2-4,7-8,10-12,17,19-20H,5-6,9,13-15,22H2,1H3. The first-order chi connectivity index (χ1) is 12.2. The van der Waals surface area contributed by atoms with Crippen LogP contribution in [0.4, 0.5) is 11.5 Å². The molecule has 0 spiro atoms. The zero-order valence-corrected chi connectivity index (χ0v) is 15.0. The lowest BCUT2D eigenvalue weighted by molar-refractivity contribution is 0.259. The Kier molecular flexibility index (Phi) is 4.73. The number of likely N-dealkylation sites (tertiary alicyclic amines) is 1. The Morgan fingerprint density at radius 1 is 1.12 bits per heavy atom. The van der Waals surface area contributed by atoms with Gasteiger partial charge in [-0.05, 0) is 48.4 Å². The van der Waals surface area contributed by atoms with Crippen LogP contribution in [0.1, 0.15) is 24.8 Å². The van der Waals surface area contributed by atoms with Crippen LogP contribution in [-0.4, -0.2) is 36.1 Å². The maximum absolute atomic E-state index is 6.34. The van der Waals surface area contributed by atoms with E-state index in [0.29, 0.717) is 12.0 Å². The number of fused-ring (bicyclic) bond motifs is 1. The third-order valence-electron chi connectivity index (χ3n) is 5.93. The van der Waals surface area contributed by atoms with Crippen LogP contribution in [0.15, 0.2) is 48.7 Å². The van der Waals surface area contributed by atoms with E-state index in [1.165, 1.54) is 31.4 Å². The van der Waals surface area contributed by atoms with Gasteiger partial charge in [-0.1, -0.05) is 30.7 Å². The summed E-state index contributed by atoms with van der Waals surface area (Å²) in [5, 5.41) is 0. The molecule has 4 rings (SSSR count). The van der Waals surface area contributed by atoms with Crippen LogP contribution in [-0.2, 0) is 6.54 Å². The molecular weight excluding hydrogens is 308 g/mol. The van der Waals surface area contributed by atoms with Crippen molar-refractivity contribution in [3.63, 3.8) is 0 Å². The Hall–Kier alpha value is -1.91. The monoisotopic (exact) mass is 336 g/mol. The lowest BCUT2D eigenvalue weighted by Crippen LogP contribution is -2.38. The fraction of sp³-hybridized carbons (Fsp3) is 0.476. The third kappa shape index (κ3) is 3.55. The quantitative estimate of drug-likeness (QED) is 0.929. The van der Waals surface area contributed by atoms with Gasteiger partial charge in [-0.25, -0.2) is 4.98 Å². The maximum Gasteiger partial charge on any atom is 0.132 e. The van der Waals surface area contributed by atoms with E-state index in [0.717, 1.165) is 30.5 Å². The van der Waals surface area contributed by atoms with Gasteiger partial charge in [0.25, 0.3) is 0 Å². The lowest BCUT2D eigenvalue weighted by Gasteiger charge is -2.29. The second-order valence-corrected chi connectivity index (χ2v) is 7.63. The SMILES string of the molecule is CN(c1ccccc1)c1ccc(CN2CC3CCCC(N)C3C2)cn1. The molecule has 1 saturated heterocycles. The van der Waals surface area contributed by atoms with Gasteiger partial charge in [-0.2, -0.15) is 0 Å². The molecule has 2 aliphatic rings. The molecule has 2 aromatic rings. The van der Waals surface area contributed by atoms with Gasteiger partial charge in [-0.15, -0.1) is 0 Å². The van der Waals surface area contributed by atoms with Crippen LogP contribution < -0.4 is 10.6 Å². The van der Waals surface area contributed by atoms with Gasteiger partial charge in [0.15, 0.2) is 0 Å². The second-order valence-electron chi connectivity index (χ2n) is 7.63. The van der Waals surface area contributed by atoms with Crippen molar-refractivity contribution < 1.29 is 0 Å². The number of benzene rings is 1. The topological polar surface area (TPSA) is 45.4 Å². The summed E-state index contributed by atoms with van der Waals surface area (Å²) in [6, 6.07) is 15.1. The number of para-hydroxylation sites is 1.